The van der Waals surface area contributed by atoms with Gasteiger partial charge in [-0.05, 0) is 29.2 Å². The van der Waals surface area contributed by atoms with Crippen LogP contribution in [-0.2, 0) is 4.74 Å². The molecule has 100 valence electrons. The summed E-state index contributed by atoms with van der Waals surface area (Å²) in [5, 5.41) is 3.99. The standard InChI is InChI=1S/C14H20ClNO2/c1-9(2)11-6-10(7-12(15)14(11)17-3)13-8-16-4-5-18-13/h6-7,9,13,16H,4-5,8H2,1-3H3. The Morgan fingerprint density at radius 2 is 2.22 bits per heavy atom. The van der Waals surface area contributed by atoms with E-state index in [9.17, 15) is 0 Å². The van der Waals surface area contributed by atoms with Gasteiger partial charge in [-0.1, -0.05) is 25.4 Å². The van der Waals surface area contributed by atoms with Gasteiger partial charge < -0.3 is 14.8 Å². The van der Waals surface area contributed by atoms with Gasteiger partial charge in [0.25, 0.3) is 0 Å². The highest BCUT2D eigenvalue weighted by molar-refractivity contribution is 6.32. The quantitative estimate of drug-likeness (QED) is 0.915. The van der Waals surface area contributed by atoms with Gasteiger partial charge >= 0.3 is 0 Å². The Labute approximate surface area is 113 Å². The van der Waals surface area contributed by atoms with Gasteiger partial charge in [0.05, 0.1) is 24.8 Å². The molecule has 1 unspecified atom stereocenters. The van der Waals surface area contributed by atoms with Crippen LogP contribution in [-0.4, -0.2) is 26.8 Å². The van der Waals surface area contributed by atoms with Crippen molar-refractivity contribution in [2.45, 2.75) is 25.9 Å². The van der Waals surface area contributed by atoms with E-state index in [4.69, 9.17) is 21.1 Å². The summed E-state index contributed by atoms with van der Waals surface area (Å²) in [5.41, 5.74) is 2.26. The van der Waals surface area contributed by atoms with E-state index in [0.717, 1.165) is 36.6 Å². The molecule has 1 saturated heterocycles. The Kier molecular flexibility index (Phi) is 4.49. The van der Waals surface area contributed by atoms with Crippen LogP contribution < -0.4 is 10.1 Å². The average Bonchev–Trinajstić information content (AvgIpc) is 2.38. The smallest absolute Gasteiger partial charge is 0.140 e. The maximum absolute atomic E-state index is 6.30. The molecule has 3 nitrogen and oxygen atoms in total. The Morgan fingerprint density at radius 3 is 2.78 bits per heavy atom. The SMILES string of the molecule is COc1c(Cl)cc(C2CNCCO2)cc1C(C)C. The number of ether oxygens (including phenoxy) is 2. The topological polar surface area (TPSA) is 30.5 Å². The van der Waals surface area contributed by atoms with Gasteiger partial charge in [-0.3, -0.25) is 0 Å². The molecular formula is C14H20ClNO2. The molecule has 1 aromatic rings. The second kappa shape index (κ2) is 5.91. The number of halogens is 1. The third kappa shape index (κ3) is 2.79. The predicted octanol–water partition coefficient (Wildman–Crippen LogP) is 3.13. The van der Waals surface area contributed by atoms with Crippen LogP contribution >= 0.6 is 11.6 Å². The summed E-state index contributed by atoms with van der Waals surface area (Å²) < 4.78 is 11.2. The van der Waals surface area contributed by atoms with Crippen molar-refractivity contribution in [3.05, 3.63) is 28.3 Å². The molecule has 2 rings (SSSR count). The Hall–Kier alpha value is -0.770. The van der Waals surface area contributed by atoms with Gasteiger partial charge in [0.15, 0.2) is 0 Å². The second-order valence-electron chi connectivity index (χ2n) is 4.84. The second-order valence-corrected chi connectivity index (χ2v) is 5.25. The first-order valence-corrected chi connectivity index (χ1v) is 6.71. The van der Waals surface area contributed by atoms with Crippen LogP contribution in [0, 0.1) is 0 Å². The highest BCUT2D eigenvalue weighted by Gasteiger charge is 2.20. The van der Waals surface area contributed by atoms with Crippen molar-refractivity contribution in [2.75, 3.05) is 26.8 Å². The zero-order chi connectivity index (χ0) is 13.1. The van der Waals surface area contributed by atoms with E-state index in [0.29, 0.717) is 10.9 Å². The first-order chi connectivity index (χ1) is 8.63. The number of morpholine rings is 1. The van der Waals surface area contributed by atoms with E-state index < -0.39 is 0 Å². The monoisotopic (exact) mass is 269 g/mol. The van der Waals surface area contributed by atoms with Gasteiger partial charge in [-0.2, -0.15) is 0 Å². The van der Waals surface area contributed by atoms with Crippen LogP contribution in [0.4, 0.5) is 0 Å². The van der Waals surface area contributed by atoms with E-state index >= 15 is 0 Å². The van der Waals surface area contributed by atoms with Crippen molar-refractivity contribution in [1.82, 2.24) is 5.32 Å². The maximum Gasteiger partial charge on any atom is 0.140 e. The lowest BCUT2D eigenvalue weighted by Crippen LogP contribution is -2.33. The molecule has 0 saturated carbocycles. The zero-order valence-electron chi connectivity index (χ0n) is 11.1. The van der Waals surface area contributed by atoms with Crippen LogP contribution in [0.2, 0.25) is 5.02 Å². The highest BCUT2D eigenvalue weighted by atomic mass is 35.5. The first-order valence-electron chi connectivity index (χ1n) is 6.33. The molecule has 1 fully saturated rings. The van der Waals surface area contributed by atoms with Crippen LogP contribution in [0.1, 0.15) is 37.0 Å². The lowest BCUT2D eigenvalue weighted by atomic mass is 9.97. The Bertz CT molecular complexity index is 415. The van der Waals surface area contributed by atoms with Crippen molar-refractivity contribution in [3.8, 4) is 5.75 Å². The minimum absolute atomic E-state index is 0.0830. The molecule has 4 heteroatoms. The van der Waals surface area contributed by atoms with Gasteiger partial charge in [0, 0.05) is 13.1 Å². The third-order valence-electron chi connectivity index (χ3n) is 3.22. The molecule has 0 aliphatic carbocycles. The molecule has 1 atom stereocenters. The van der Waals surface area contributed by atoms with Crippen LogP contribution in [0.3, 0.4) is 0 Å². The van der Waals surface area contributed by atoms with Crippen molar-refractivity contribution in [2.24, 2.45) is 0 Å². The summed E-state index contributed by atoms with van der Waals surface area (Å²) in [7, 11) is 1.66. The fraction of sp³-hybridized carbons (Fsp3) is 0.571. The third-order valence-corrected chi connectivity index (χ3v) is 3.50. The fourth-order valence-electron chi connectivity index (χ4n) is 2.25. The van der Waals surface area contributed by atoms with Gasteiger partial charge in [0.1, 0.15) is 5.75 Å². The Morgan fingerprint density at radius 1 is 1.44 bits per heavy atom. The number of nitrogens with one attached hydrogen (secondary N) is 1. The summed E-state index contributed by atoms with van der Waals surface area (Å²) in [6.45, 7) is 6.76. The number of hydrogen-bond donors (Lipinski definition) is 1. The Balaban J connectivity index is 2.37. The van der Waals surface area contributed by atoms with Gasteiger partial charge in [-0.25, -0.2) is 0 Å². The number of hydrogen-bond acceptors (Lipinski definition) is 3. The minimum atomic E-state index is 0.0830. The number of rotatable bonds is 3. The molecule has 0 aromatic heterocycles. The normalized spacial score (nSPS) is 20.2. The van der Waals surface area contributed by atoms with E-state index in [1.165, 1.54) is 0 Å². The highest BCUT2D eigenvalue weighted by Crippen LogP contribution is 2.37. The molecule has 1 aliphatic heterocycles. The fourth-order valence-corrected chi connectivity index (χ4v) is 2.56. The molecule has 0 spiro atoms. The zero-order valence-corrected chi connectivity index (χ0v) is 11.9. The molecule has 0 radical (unpaired) electrons. The summed E-state index contributed by atoms with van der Waals surface area (Å²) in [6.07, 6.45) is 0.0830. The molecule has 18 heavy (non-hydrogen) atoms. The van der Waals surface area contributed by atoms with E-state index in [-0.39, 0.29) is 6.10 Å². The molecule has 0 amide bonds. The molecular weight excluding hydrogens is 250 g/mol. The molecule has 1 aliphatic rings. The molecule has 1 aromatic carbocycles. The van der Waals surface area contributed by atoms with Crippen molar-refractivity contribution >= 4 is 11.6 Å². The summed E-state index contributed by atoms with van der Waals surface area (Å²) in [5.74, 6) is 1.15. The first kappa shape index (κ1) is 13.7. The maximum atomic E-state index is 6.30. The lowest BCUT2D eigenvalue weighted by Gasteiger charge is -2.25. The van der Waals surface area contributed by atoms with Gasteiger partial charge in [0.2, 0.25) is 0 Å². The molecule has 0 bridgehead atoms. The summed E-state index contributed by atoms with van der Waals surface area (Å²) in [4.78, 5) is 0. The average molecular weight is 270 g/mol. The van der Waals surface area contributed by atoms with E-state index in [1.807, 2.05) is 6.07 Å². The molecule has 1 N–H and O–H groups in total. The lowest BCUT2D eigenvalue weighted by molar-refractivity contribution is 0.0276. The van der Waals surface area contributed by atoms with Crippen LogP contribution in [0.25, 0.3) is 0 Å². The van der Waals surface area contributed by atoms with Crippen molar-refractivity contribution in [3.63, 3.8) is 0 Å². The van der Waals surface area contributed by atoms with Crippen molar-refractivity contribution < 1.29 is 9.47 Å². The largest absolute Gasteiger partial charge is 0.495 e. The van der Waals surface area contributed by atoms with E-state index in [2.05, 4.69) is 25.2 Å². The summed E-state index contributed by atoms with van der Waals surface area (Å²) >= 11 is 6.30. The van der Waals surface area contributed by atoms with Crippen LogP contribution in [0.15, 0.2) is 12.1 Å². The minimum Gasteiger partial charge on any atom is -0.495 e. The predicted molar refractivity (Wildman–Crippen MR) is 73.7 cm³/mol. The van der Waals surface area contributed by atoms with Gasteiger partial charge in [-0.15, -0.1) is 0 Å². The number of methoxy groups -OCH3 is 1. The number of benzene rings is 1. The summed E-state index contributed by atoms with van der Waals surface area (Å²) in [6, 6.07) is 4.09. The molecule has 1 heterocycles. The van der Waals surface area contributed by atoms with Crippen molar-refractivity contribution in [1.29, 1.82) is 0 Å². The van der Waals surface area contributed by atoms with Crippen LogP contribution in [0.5, 0.6) is 5.75 Å². The van der Waals surface area contributed by atoms with E-state index in [1.54, 1.807) is 7.11 Å².